The molecule has 0 fully saturated rings. The summed E-state index contributed by atoms with van der Waals surface area (Å²) in [4.78, 5) is 0. The lowest BCUT2D eigenvalue weighted by Gasteiger charge is -2.18. The number of fused-ring (bicyclic) bond motifs is 1. The van der Waals surface area contributed by atoms with Crippen LogP contribution in [-0.4, -0.2) is 7.05 Å². The Hall–Kier alpha value is -1.02. The highest BCUT2D eigenvalue weighted by Crippen LogP contribution is 2.40. The van der Waals surface area contributed by atoms with Crippen LogP contribution in [-0.2, 0) is 0 Å². The van der Waals surface area contributed by atoms with Crippen molar-refractivity contribution in [1.82, 2.24) is 5.43 Å². The van der Waals surface area contributed by atoms with Crippen molar-refractivity contribution in [2.45, 2.75) is 46.1 Å². The molecule has 1 atom stereocenters. The van der Waals surface area contributed by atoms with E-state index in [0.29, 0.717) is 17.9 Å². The second kappa shape index (κ2) is 4.69. The van der Waals surface area contributed by atoms with Crippen molar-refractivity contribution < 1.29 is 0 Å². The molecule has 0 spiro atoms. The topological polar surface area (TPSA) is 15.3 Å². The molecule has 1 heterocycles. The summed E-state index contributed by atoms with van der Waals surface area (Å²) in [6, 6.07) is 7.14. The van der Waals surface area contributed by atoms with Gasteiger partial charge in [-0.05, 0) is 35.4 Å². The van der Waals surface area contributed by atoms with Crippen LogP contribution in [0.5, 0.6) is 0 Å². The molecule has 2 rings (SSSR count). The molecule has 1 N–H and O–H groups in total. The van der Waals surface area contributed by atoms with Gasteiger partial charge in [-0.3, -0.25) is 0 Å². The third kappa shape index (κ3) is 2.32. The fourth-order valence-electron chi connectivity index (χ4n) is 2.76. The van der Waals surface area contributed by atoms with E-state index in [4.69, 9.17) is 0 Å². The first-order chi connectivity index (χ1) is 8.00. The fraction of sp³-hybridized carbons (Fsp3) is 0.600. The Labute approximate surface area is 105 Å². The molecule has 0 aliphatic carbocycles. The van der Waals surface area contributed by atoms with Crippen molar-refractivity contribution in [3.63, 3.8) is 0 Å². The lowest BCUT2D eigenvalue weighted by molar-refractivity contribution is 0.448. The molecular weight excluding hydrogens is 208 g/mol. The second-order valence-electron chi connectivity index (χ2n) is 5.80. The first kappa shape index (κ1) is 12.4. The smallest absolute Gasteiger partial charge is 0.0567 e. The maximum atomic E-state index is 3.58. The maximum absolute atomic E-state index is 3.58. The third-order valence-electron chi connectivity index (χ3n) is 3.51. The Bertz CT molecular complexity index is 394. The van der Waals surface area contributed by atoms with Crippen molar-refractivity contribution in [3.05, 3.63) is 29.3 Å². The zero-order chi connectivity index (χ0) is 12.6. The molecule has 0 amide bonds. The summed E-state index contributed by atoms with van der Waals surface area (Å²) >= 11 is 0. The zero-order valence-corrected chi connectivity index (χ0v) is 11.6. The molecule has 2 heteroatoms. The molecule has 0 bridgehead atoms. The van der Waals surface area contributed by atoms with Crippen molar-refractivity contribution >= 4 is 5.69 Å². The Morgan fingerprint density at radius 1 is 1.24 bits per heavy atom. The number of benzene rings is 1. The van der Waals surface area contributed by atoms with Gasteiger partial charge in [0.25, 0.3) is 0 Å². The molecular formula is C15H24N2. The Morgan fingerprint density at radius 3 is 2.53 bits per heavy atom. The molecule has 1 aliphatic heterocycles. The number of nitrogens with one attached hydrogen (secondary N) is 1. The van der Waals surface area contributed by atoms with Gasteiger partial charge in [-0.25, -0.2) is 5.43 Å². The predicted molar refractivity (Wildman–Crippen MR) is 74.3 cm³/mol. The van der Waals surface area contributed by atoms with Crippen LogP contribution >= 0.6 is 0 Å². The van der Waals surface area contributed by atoms with Gasteiger partial charge >= 0.3 is 0 Å². The van der Waals surface area contributed by atoms with Crippen LogP contribution in [0.3, 0.4) is 0 Å². The largest absolute Gasteiger partial charge is 0.311 e. The number of anilines is 1. The van der Waals surface area contributed by atoms with Crippen LogP contribution in [0.2, 0.25) is 0 Å². The van der Waals surface area contributed by atoms with E-state index in [1.165, 1.54) is 23.2 Å². The van der Waals surface area contributed by atoms with Gasteiger partial charge < -0.3 is 5.01 Å². The maximum Gasteiger partial charge on any atom is 0.0567 e. The lowest BCUT2D eigenvalue weighted by atomic mass is 9.89. The number of hydrogen-bond donors (Lipinski definition) is 1. The Balaban J connectivity index is 2.42. The number of hydrogen-bond acceptors (Lipinski definition) is 2. The molecule has 2 nitrogen and oxygen atoms in total. The summed E-state index contributed by atoms with van der Waals surface area (Å²) in [5, 5.41) is 2.17. The molecule has 94 valence electrons. The van der Waals surface area contributed by atoms with E-state index < -0.39 is 0 Å². The third-order valence-corrected chi connectivity index (χ3v) is 3.51. The minimum atomic E-state index is 0.480. The molecule has 0 radical (unpaired) electrons. The minimum Gasteiger partial charge on any atom is -0.311 e. The van der Waals surface area contributed by atoms with Crippen molar-refractivity contribution in [1.29, 1.82) is 0 Å². The molecule has 1 unspecified atom stereocenters. The first-order valence-electron chi connectivity index (χ1n) is 6.63. The SMILES string of the molecule is CC(C)CC1NN(C)c2cccc(C(C)C)c21. The van der Waals surface area contributed by atoms with Crippen LogP contribution in [0.1, 0.15) is 57.2 Å². The average molecular weight is 232 g/mol. The standard InChI is InChI=1S/C15H24N2/c1-10(2)9-13-15-12(11(3)4)7-6-8-14(15)17(5)16-13/h6-8,10-11,13,16H,9H2,1-5H3. The highest BCUT2D eigenvalue weighted by Gasteiger charge is 2.29. The van der Waals surface area contributed by atoms with Crippen LogP contribution in [0.15, 0.2) is 18.2 Å². The monoisotopic (exact) mass is 232 g/mol. The van der Waals surface area contributed by atoms with Crippen LogP contribution in [0.4, 0.5) is 5.69 Å². The van der Waals surface area contributed by atoms with Crippen molar-refractivity contribution in [2.24, 2.45) is 5.92 Å². The van der Waals surface area contributed by atoms with Gasteiger partial charge in [-0.15, -0.1) is 0 Å². The van der Waals surface area contributed by atoms with E-state index in [2.05, 4.69) is 63.4 Å². The zero-order valence-electron chi connectivity index (χ0n) is 11.6. The van der Waals surface area contributed by atoms with Crippen molar-refractivity contribution in [2.75, 3.05) is 12.1 Å². The van der Waals surface area contributed by atoms with Gasteiger partial charge in [-0.2, -0.15) is 0 Å². The predicted octanol–water partition coefficient (Wildman–Crippen LogP) is 3.85. The molecule has 0 aromatic heterocycles. The molecule has 17 heavy (non-hydrogen) atoms. The minimum absolute atomic E-state index is 0.480. The molecule has 1 aliphatic rings. The van der Waals surface area contributed by atoms with Gasteiger partial charge in [0.05, 0.1) is 11.7 Å². The highest BCUT2D eigenvalue weighted by molar-refractivity contribution is 5.61. The average Bonchev–Trinajstić information content (AvgIpc) is 2.55. The highest BCUT2D eigenvalue weighted by atomic mass is 15.5. The summed E-state index contributed by atoms with van der Waals surface area (Å²) in [5.74, 6) is 1.31. The Morgan fingerprint density at radius 2 is 1.94 bits per heavy atom. The second-order valence-corrected chi connectivity index (χ2v) is 5.80. The summed E-state index contributed by atoms with van der Waals surface area (Å²) in [6.07, 6.45) is 1.20. The first-order valence-corrected chi connectivity index (χ1v) is 6.63. The molecule has 1 aromatic rings. The van der Waals surface area contributed by atoms with Gasteiger partial charge in [0.2, 0.25) is 0 Å². The van der Waals surface area contributed by atoms with E-state index >= 15 is 0 Å². The quantitative estimate of drug-likeness (QED) is 0.851. The Kier molecular flexibility index (Phi) is 3.43. The molecule has 0 saturated heterocycles. The summed E-state index contributed by atoms with van der Waals surface area (Å²) < 4.78 is 0. The van der Waals surface area contributed by atoms with Gasteiger partial charge in [-0.1, -0.05) is 39.8 Å². The lowest BCUT2D eigenvalue weighted by Crippen LogP contribution is -2.30. The summed E-state index contributed by atoms with van der Waals surface area (Å²) in [5.41, 5.74) is 7.93. The summed E-state index contributed by atoms with van der Waals surface area (Å²) in [7, 11) is 2.11. The van der Waals surface area contributed by atoms with E-state index in [9.17, 15) is 0 Å². The van der Waals surface area contributed by atoms with Crippen LogP contribution < -0.4 is 10.4 Å². The van der Waals surface area contributed by atoms with Gasteiger partial charge in [0, 0.05) is 7.05 Å². The summed E-state index contributed by atoms with van der Waals surface area (Å²) in [6.45, 7) is 9.13. The molecule has 1 aromatic carbocycles. The fourth-order valence-corrected chi connectivity index (χ4v) is 2.76. The van der Waals surface area contributed by atoms with Crippen molar-refractivity contribution in [3.8, 4) is 0 Å². The number of nitrogens with zero attached hydrogens (tertiary/aromatic N) is 1. The van der Waals surface area contributed by atoms with Crippen LogP contribution in [0.25, 0.3) is 0 Å². The van der Waals surface area contributed by atoms with E-state index in [1.54, 1.807) is 0 Å². The van der Waals surface area contributed by atoms with Gasteiger partial charge in [0.1, 0.15) is 0 Å². The number of hydrazine groups is 1. The van der Waals surface area contributed by atoms with E-state index in [-0.39, 0.29) is 0 Å². The van der Waals surface area contributed by atoms with E-state index in [0.717, 1.165) is 0 Å². The van der Waals surface area contributed by atoms with Gasteiger partial charge in [0.15, 0.2) is 0 Å². The number of rotatable bonds is 3. The normalized spacial score (nSPS) is 19.2. The molecule has 0 saturated carbocycles. The van der Waals surface area contributed by atoms with Crippen LogP contribution in [0, 0.1) is 5.92 Å². The van der Waals surface area contributed by atoms with E-state index in [1.807, 2.05) is 0 Å².